The summed E-state index contributed by atoms with van der Waals surface area (Å²) >= 11 is 5.73. The van der Waals surface area contributed by atoms with Crippen LogP contribution < -0.4 is 4.72 Å². The van der Waals surface area contributed by atoms with Crippen LogP contribution in [0.15, 0.2) is 23.1 Å². The molecule has 8 heteroatoms. The molecule has 0 fully saturated rings. The lowest BCUT2D eigenvalue weighted by atomic mass is 10.0. The Morgan fingerprint density at radius 3 is 2.62 bits per heavy atom. The van der Waals surface area contributed by atoms with E-state index in [4.69, 9.17) is 22.0 Å². The number of benzene rings is 1. The molecule has 0 unspecified atom stereocenters. The fourth-order valence-electron chi connectivity index (χ4n) is 1.71. The van der Waals surface area contributed by atoms with Gasteiger partial charge in [-0.1, -0.05) is 11.6 Å². The van der Waals surface area contributed by atoms with E-state index < -0.39 is 21.5 Å². The Balaban J connectivity index is 3.07. The molecule has 1 rings (SSSR count). The fourth-order valence-corrected chi connectivity index (χ4v) is 3.47. The molecule has 0 saturated carbocycles. The molecule has 0 aromatic heterocycles. The maximum absolute atomic E-state index is 12.3. The number of carboxylic acid groups (broad SMARTS) is 1. The van der Waals surface area contributed by atoms with Crippen molar-refractivity contribution in [2.75, 3.05) is 0 Å². The van der Waals surface area contributed by atoms with E-state index in [1.807, 2.05) is 0 Å². The third-order valence-corrected chi connectivity index (χ3v) is 4.72. The number of hydrogen-bond donors (Lipinski definition) is 2. The summed E-state index contributed by atoms with van der Waals surface area (Å²) in [6.07, 6.45) is -0.0434. The van der Waals surface area contributed by atoms with Crippen molar-refractivity contribution in [3.8, 4) is 6.07 Å². The van der Waals surface area contributed by atoms with Gasteiger partial charge in [0.25, 0.3) is 0 Å². The largest absolute Gasteiger partial charge is 0.481 e. The number of carbonyl (C=O) groups is 1. The number of halogens is 1. The van der Waals surface area contributed by atoms with Crippen molar-refractivity contribution >= 4 is 27.6 Å². The van der Waals surface area contributed by atoms with Crippen molar-refractivity contribution in [3.05, 3.63) is 28.8 Å². The predicted molar refractivity (Wildman–Crippen MR) is 77.4 cm³/mol. The second-order valence-electron chi connectivity index (χ2n) is 5.14. The average Bonchev–Trinajstić information content (AvgIpc) is 2.34. The third-order valence-electron chi connectivity index (χ3n) is 2.73. The fraction of sp³-hybridized carbons (Fsp3) is 0.385. The molecular formula is C13H15ClN2O4S. The Bertz CT molecular complexity index is 693. The Labute approximate surface area is 128 Å². The van der Waals surface area contributed by atoms with Crippen LogP contribution in [0.4, 0.5) is 0 Å². The molecule has 0 aliphatic carbocycles. The zero-order chi connectivity index (χ0) is 16.3. The molecule has 1 aromatic carbocycles. The number of nitriles is 1. The van der Waals surface area contributed by atoms with Gasteiger partial charge in [-0.05, 0) is 38.5 Å². The SMILES string of the molecule is CC(C)(CCC(=O)O)NS(=O)(=O)c1ccc(Cl)cc1C#N. The van der Waals surface area contributed by atoms with Crippen LogP contribution in [-0.4, -0.2) is 25.0 Å². The van der Waals surface area contributed by atoms with Gasteiger partial charge in [0.1, 0.15) is 6.07 Å². The highest BCUT2D eigenvalue weighted by Crippen LogP contribution is 2.22. The second-order valence-corrected chi connectivity index (χ2v) is 7.22. The van der Waals surface area contributed by atoms with Gasteiger partial charge in [0.15, 0.2) is 0 Å². The van der Waals surface area contributed by atoms with Crippen LogP contribution >= 0.6 is 11.6 Å². The quantitative estimate of drug-likeness (QED) is 0.830. The molecule has 0 saturated heterocycles. The topological polar surface area (TPSA) is 107 Å². The van der Waals surface area contributed by atoms with Gasteiger partial charge in [-0.2, -0.15) is 5.26 Å². The lowest BCUT2D eigenvalue weighted by Crippen LogP contribution is -2.43. The highest BCUT2D eigenvalue weighted by atomic mass is 35.5. The first-order valence-electron chi connectivity index (χ1n) is 6.03. The number of aliphatic carboxylic acids is 1. The molecule has 0 spiro atoms. The summed E-state index contributed by atoms with van der Waals surface area (Å²) in [7, 11) is -3.95. The van der Waals surface area contributed by atoms with Gasteiger partial charge in [-0.25, -0.2) is 13.1 Å². The first kappa shape index (κ1) is 17.4. The molecule has 0 heterocycles. The molecule has 1 aromatic rings. The zero-order valence-electron chi connectivity index (χ0n) is 11.6. The molecule has 114 valence electrons. The lowest BCUT2D eigenvalue weighted by molar-refractivity contribution is -0.137. The summed E-state index contributed by atoms with van der Waals surface area (Å²) < 4.78 is 27.1. The maximum Gasteiger partial charge on any atom is 0.303 e. The van der Waals surface area contributed by atoms with Crippen molar-refractivity contribution in [1.82, 2.24) is 4.72 Å². The van der Waals surface area contributed by atoms with E-state index in [1.54, 1.807) is 19.9 Å². The van der Waals surface area contributed by atoms with E-state index in [2.05, 4.69) is 4.72 Å². The van der Waals surface area contributed by atoms with E-state index in [-0.39, 0.29) is 28.3 Å². The van der Waals surface area contributed by atoms with E-state index in [1.165, 1.54) is 18.2 Å². The van der Waals surface area contributed by atoms with Gasteiger partial charge in [-0.15, -0.1) is 0 Å². The number of nitrogens with one attached hydrogen (secondary N) is 1. The Morgan fingerprint density at radius 1 is 1.48 bits per heavy atom. The highest BCUT2D eigenvalue weighted by molar-refractivity contribution is 7.89. The molecular weight excluding hydrogens is 316 g/mol. The van der Waals surface area contributed by atoms with Crippen LogP contribution in [0.5, 0.6) is 0 Å². The molecule has 0 atom stereocenters. The van der Waals surface area contributed by atoms with E-state index in [0.717, 1.165) is 0 Å². The average molecular weight is 331 g/mol. The number of sulfonamides is 1. The van der Waals surface area contributed by atoms with Crippen molar-refractivity contribution in [3.63, 3.8) is 0 Å². The molecule has 0 bridgehead atoms. The molecule has 0 radical (unpaired) electrons. The summed E-state index contributed by atoms with van der Waals surface area (Å²) in [6, 6.07) is 5.67. The minimum absolute atomic E-state index is 0.0657. The summed E-state index contributed by atoms with van der Waals surface area (Å²) in [5, 5.41) is 17.9. The molecule has 2 N–H and O–H groups in total. The minimum Gasteiger partial charge on any atom is -0.481 e. The number of nitrogens with zero attached hydrogens (tertiary/aromatic N) is 1. The van der Waals surface area contributed by atoms with Gasteiger partial charge < -0.3 is 5.11 Å². The molecule has 6 nitrogen and oxygen atoms in total. The molecule has 0 aliphatic heterocycles. The summed E-state index contributed by atoms with van der Waals surface area (Å²) in [5.41, 5.74) is -1.02. The van der Waals surface area contributed by atoms with E-state index >= 15 is 0 Å². The first-order chi connectivity index (χ1) is 9.57. The highest BCUT2D eigenvalue weighted by Gasteiger charge is 2.28. The van der Waals surface area contributed by atoms with Gasteiger partial charge in [0.05, 0.1) is 10.5 Å². The molecule has 21 heavy (non-hydrogen) atoms. The van der Waals surface area contributed by atoms with Crippen molar-refractivity contribution in [1.29, 1.82) is 5.26 Å². The van der Waals surface area contributed by atoms with E-state index in [9.17, 15) is 13.2 Å². The molecule has 0 aliphatic rings. The van der Waals surface area contributed by atoms with Crippen molar-refractivity contribution in [2.24, 2.45) is 0 Å². The van der Waals surface area contributed by atoms with E-state index in [0.29, 0.717) is 0 Å². The number of carboxylic acids is 1. The standard InChI is InChI=1S/C13H15ClN2O4S/c1-13(2,6-5-12(17)18)16-21(19,20)11-4-3-10(14)7-9(11)8-15/h3-4,7,16H,5-6H2,1-2H3,(H,17,18). The predicted octanol–water partition coefficient (Wildman–Crippen LogP) is 2.13. The van der Waals surface area contributed by atoms with Gasteiger partial charge in [0.2, 0.25) is 10.0 Å². The summed E-state index contributed by atoms with van der Waals surface area (Å²) in [5.74, 6) is -1.01. The Kier molecular flexibility index (Phi) is 5.34. The smallest absolute Gasteiger partial charge is 0.303 e. The monoisotopic (exact) mass is 330 g/mol. The second kappa shape index (κ2) is 6.43. The first-order valence-corrected chi connectivity index (χ1v) is 7.89. The van der Waals surface area contributed by atoms with Crippen LogP contribution in [0.25, 0.3) is 0 Å². The van der Waals surface area contributed by atoms with Gasteiger partial charge in [-0.3, -0.25) is 4.79 Å². The summed E-state index contributed by atoms with van der Waals surface area (Å²) in [4.78, 5) is 10.4. The van der Waals surface area contributed by atoms with Gasteiger partial charge >= 0.3 is 5.97 Å². The van der Waals surface area contributed by atoms with Crippen LogP contribution in [-0.2, 0) is 14.8 Å². The minimum atomic E-state index is -3.95. The molecule has 0 amide bonds. The number of rotatable bonds is 6. The van der Waals surface area contributed by atoms with Crippen LogP contribution in [0.1, 0.15) is 32.3 Å². The summed E-state index contributed by atoms with van der Waals surface area (Å²) in [6.45, 7) is 3.16. The lowest BCUT2D eigenvalue weighted by Gasteiger charge is -2.25. The van der Waals surface area contributed by atoms with Crippen molar-refractivity contribution in [2.45, 2.75) is 37.1 Å². The Morgan fingerprint density at radius 2 is 2.10 bits per heavy atom. The van der Waals surface area contributed by atoms with Crippen LogP contribution in [0.2, 0.25) is 5.02 Å². The third kappa shape index (κ3) is 5.01. The van der Waals surface area contributed by atoms with Crippen LogP contribution in [0.3, 0.4) is 0 Å². The zero-order valence-corrected chi connectivity index (χ0v) is 13.1. The van der Waals surface area contributed by atoms with Gasteiger partial charge in [0, 0.05) is 17.0 Å². The maximum atomic E-state index is 12.3. The van der Waals surface area contributed by atoms with Crippen molar-refractivity contribution < 1.29 is 18.3 Å². The Hall–Kier alpha value is -1.62. The number of hydrogen-bond acceptors (Lipinski definition) is 4. The van der Waals surface area contributed by atoms with Crippen LogP contribution in [0, 0.1) is 11.3 Å². The normalized spacial score (nSPS) is 11.9.